The van der Waals surface area contributed by atoms with E-state index in [1.54, 1.807) is 12.1 Å². The van der Waals surface area contributed by atoms with Gasteiger partial charge < -0.3 is 19.5 Å². The van der Waals surface area contributed by atoms with Gasteiger partial charge in [-0.1, -0.05) is 44.2 Å². The van der Waals surface area contributed by atoms with E-state index in [4.69, 9.17) is 14.2 Å². The van der Waals surface area contributed by atoms with Crippen LogP contribution in [0.1, 0.15) is 29.8 Å². The van der Waals surface area contributed by atoms with Gasteiger partial charge in [-0.3, -0.25) is 4.79 Å². The maximum atomic E-state index is 12.6. The Morgan fingerprint density at radius 2 is 1.52 bits per heavy atom. The zero-order chi connectivity index (χ0) is 18.4. The van der Waals surface area contributed by atoms with Crippen molar-refractivity contribution in [2.75, 3.05) is 27.9 Å². The van der Waals surface area contributed by atoms with Crippen LogP contribution in [0.3, 0.4) is 0 Å². The van der Waals surface area contributed by atoms with Crippen molar-refractivity contribution in [1.82, 2.24) is 5.32 Å². The molecule has 0 bridgehead atoms. The molecule has 0 aliphatic carbocycles. The molecule has 0 saturated carbocycles. The second-order valence-electron chi connectivity index (χ2n) is 6.35. The molecule has 2 aromatic carbocycles. The van der Waals surface area contributed by atoms with Crippen LogP contribution in [0.15, 0.2) is 42.5 Å². The molecule has 0 heterocycles. The van der Waals surface area contributed by atoms with Gasteiger partial charge in [0, 0.05) is 17.5 Å². The Morgan fingerprint density at radius 3 is 2.00 bits per heavy atom. The summed E-state index contributed by atoms with van der Waals surface area (Å²) in [7, 11) is 4.58. The SMILES string of the molecule is COc1cc(C(=O)NCC(C)(C)c2ccccc2)cc(OC)c1OC. The summed E-state index contributed by atoms with van der Waals surface area (Å²) in [5, 5.41) is 2.99. The Bertz CT molecular complexity index is 701. The van der Waals surface area contributed by atoms with Crippen molar-refractivity contribution < 1.29 is 19.0 Å². The number of rotatable bonds is 7. The Morgan fingerprint density at radius 1 is 0.960 bits per heavy atom. The van der Waals surface area contributed by atoms with Crippen LogP contribution in [-0.2, 0) is 5.41 Å². The van der Waals surface area contributed by atoms with Crippen molar-refractivity contribution in [2.45, 2.75) is 19.3 Å². The van der Waals surface area contributed by atoms with E-state index in [1.165, 1.54) is 26.9 Å². The normalized spacial score (nSPS) is 10.9. The van der Waals surface area contributed by atoms with E-state index < -0.39 is 0 Å². The van der Waals surface area contributed by atoms with Gasteiger partial charge in [0.05, 0.1) is 21.3 Å². The lowest BCUT2D eigenvalue weighted by atomic mass is 9.84. The lowest BCUT2D eigenvalue weighted by molar-refractivity contribution is 0.0945. The molecule has 2 rings (SSSR count). The number of nitrogens with one attached hydrogen (secondary N) is 1. The Hall–Kier alpha value is -2.69. The number of hydrogen-bond acceptors (Lipinski definition) is 4. The number of ether oxygens (including phenoxy) is 3. The van der Waals surface area contributed by atoms with Gasteiger partial charge in [0.1, 0.15) is 0 Å². The van der Waals surface area contributed by atoms with Crippen molar-refractivity contribution in [3.63, 3.8) is 0 Å². The van der Waals surface area contributed by atoms with Gasteiger partial charge in [-0.2, -0.15) is 0 Å². The molecule has 25 heavy (non-hydrogen) atoms. The Labute approximate surface area is 148 Å². The minimum Gasteiger partial charge on any atom is -0.493 e. The number of amides is 1. The average Bonchev–Trinajstić information content (AvgIpc) is 2.65. The highest BCUT2D eigenvalue weighted by atomic mass is 16.5. The van der Waals surface area contributed by atoms with Crippen LogP contribution >= 0.6 is 0 Å². The first-order valence-electron chi connectivity index (χ1n) is 8.06. The standard InChI is InChI=1S/C20H25NO4/c1-20(2,15-9-7-6-8-10-15)13-21-19(22)14-11-16(23-3)18(25-5)17(12-14)24-4/h6-12H,13H2,1-5H3,(H,21,22). The van der Waals surface area contributed by atoms with Crippen LogP contribution in [0.5, 0.6) is 17.2 Å². The molecule has 0 aliphatic rings. The number of hydrogen-bond donors (Lipinski definition) is 1. The highest BCUT2D eigenvalue weighted by Crippen LogP contribution is 2.38. The van der Waals surface area contributed by atoms with Crippen molar-refractivity contribution in [3.8, 4) is 17.2 Å². The molecule has 5 nitrogen and oxygen atoms in total. The first-order valence-corrected chi connectivity index (χ1v) is 8.06. The third-order valence-electron chi connectivity index (χ3n) is 4.17. The lowest BCUT2D eigenvalue weighted by Crippen LogP contribution is -2.36. The number of carbonyl (C=O) groups is 1. The highest BCUT2D eigenvalue weighted by Gasteiger charge is 2.22. The molecule has 0 radical (unpaired) electrons. The van der Waals surface area contributed by atoms with Crippen LogP contribution < -0.4 is 19.5 Å². The molecule has 0 aromatic heterocycles. The predicted octanol–water partition coefficient (Wildman–Crippen LogP) is 3.42. The Kier molecular flexibility index (Phi) is 5.91. The molecule has 0 fully saturated rings. The summed E-state index contributed by atoms with van der Waals surface area (Å²) in [6.45, 7) is 4.70. The van der Waals surface area contributed by atoms with Gasteiger partial charge in [0.25, 0.3) is 5.91 Å². The van der Waals surface area contributed by atoms with Gasteiger partial charge in [-0.05, 0) is 17.7 Å². The second-order valence-corrected chi connectivity index (χ2v) is 6.35. The molecule has 1 N–H and O–H groups in total. The van der Waals surface area contributed by atoms with Crippen LogP contribution in [0.25, 0.3) is 0 Å². The van der Waals surface area contributed by atoms with E-state index in [9.17, 15) is 4.79 Å². The first kappa shape index (κ1) is 18.6. The van der Waals surface area contributed by atoms with Crippen LogP contribution in [0.2, 0.25) is 0 Å². The fraction of sp³-hybridized carbons (Fsp3) is 0.350. The quantitative estimate of drug-likeness (QED) is 0.837. The fourth-order valence-electron chi connectivity index (χ4n) is 2.61. The minimum absolute atomic E-state index is 0.183. The summed E-state index contributed by atoms with van der Waals surface area (Å²) in [5.74, 6) is 1.18. The van der Waals surface area contributed by atoms with E-state index in [0.717, 1.165) is 0 Å². The van der Waals surface area contributed by atoms with Gasteiger partial charge in [0.15, 0.2) is 11.5 Å². The maximum absolute atomic E-state index is 12.6. The van der Waals surface area contributed by atoms with Gasteiger partial charge >= 0.3 is 0 Å². The van der Waals surface area contributed by atoms with Crippen molar-refractivity contribution >= 4 is 5.91 Å². The number of carbonyl (C=O) groups excluding carboxylic acids is 1. The lowest BCUT2D eigenvalue weighted by Gasteiger charge is -2.25. The summed E-state index contributed by atoms with van der Waals surface area (Å²) < 4.78 is 15.9. The number of benzene rings is 2. The second kappa shape index (κ2) is 7.92. The molecule has 0 aliphatic heterocycles. The molecule has 0 saturated heterocycles. The summed E-state index contributed by atoms with van der Waals surface area (Å²) in [6, 6.07) is 13.4. The summed E-state index contributed by atoms with van der Waals surface area (Å²) in [6.07, 6.45) is 0. The summed E-state index contributed by atoms with van der Waals surface area (Å²) in [4.78, 5) is 12.6. The smallest absolute Gasteiger partial charge is 0.251 e. The van der Waals surface area contributed by atoms with Gasteiger partial charge in [0.2, 0.25) is 5.75 Å². The zero-order valence-corrected chi connectivity index (χ0v) is 15.4. The maximum Gasteiger partial charge on any atom is 0.251 e. The molecule has 0 unspecified atom stereocenters. The third kappa shape index (κ3) is 4.24. The molecule has 2 aromatic rings. The fourth-order valence-corrected chi connectivity index (χ4v) is 2.61. The molecule has 0 atom stereocenters. The summed E-state index contributed by atoms with van der Waals surface area (Å²) >= 11 is 0. The average molecular weight is 343 g/mol. The van der Waals surface area contributed by atoms with Crippen LogP contribution in [0.4, 0.5) is 0 Å². The Balaban J connectivity index is 2.18. The van der Waals surface area contributed by atoms with Gasteiger partial charge in [-0.15, -0.1) is 0 Å². The zero-order valence-electron chi connectivity index (χ0n) is 15.4. The molecular weight excluding hydrogens is 318 g/mol. The van der Waals surface area contributed by atoms with E-state index >= 15 is 0 Å². The van der Waals surface area contributed by atoms with Gasteiger partial charge in [-0.25, -0.2) is 0 Å². The summed E-state index contributed by atoms with van der Waals surface area (Å²) in [5.41, 5.74) is 1.44. The highest BCUT2D eigenvalue weighted by molar-refractivity contribution is 5.95. The van der Waals surface area contributed by atoms with Crippen molar-refractivity contribution in [1.29, 1.82) is 0 Å². The van der Waals surface area contributed by atoms with E-state index in [1.807, 2.05) is 18.2 Å². The molecule has 5 heteroatoms. The first-order chi connectivity index (χ1) is 11.9. The number of methoxy groups -OCH3 is 3. The predicted molar refractivity (Wildman–Crippen MR) is 97.9 cm³/mol. The van der Waals surface area contributed by atoms with E-state index in [0.29, 0.717) is 29.4 Å². The van der Waals surface area contributed by atoms with Crippen LogP contribution in [0, 0.1) is 0 Å². The molecule has 1 amide bonds. The molecule has 0 spiro atoms. The molecule has 134 valence electrons. The topological polar surface area (TPSA) is 56.8 Å². The largest absolute Gasteiger partial charge is 0.493 e. The third-order valence-corrected chi connectivity index (χ3v) is 4.17. The van der Waals surface area contributed by atoms with E-state index in [-0.39, 0.29) is 11.3 Å². The minimum atomic E-state index is -0.191. The van der Waals surface area contributed by atoms with Crippen LogP contribution in [-0.4, -0.2) is 33.8 Å². The monoisotopic (exact) mass is 343 g/mol. The van der Waals surface area contributed by atoms with Crippen molar-refractivity contribution in [3.05, 3.63) is 53.6 Å². The van der Waals surface area contributed by atoms with E-state index in [2.05, 4.69) is 31.3 Å². The van der Waals surface area contributed by atoms with Crippen molar-refractivity contribution in [2.24, 2.45) is 0 Å². The molecular formula is C20H25NO4.